The Bertz CT molecular complexity index is 874. The predicted octanol–water partition coefficient (Wildman–Crippen LogP) is 4.76. The molecule has 5 heteroatoms. The first-order valence-electron chi connectivity index (χ1n) is 10.2. The van der Waals surface area contributed by atoms with Gasteiger partial charge in [-0.25, -0.2) is 4.79 Å². The van der Waals surface area contributed by atoms with Crippen molar-refractivity contribution in [1.82, 2.24) is 0 Å². The van der Waals surface area contributed by atoms with Crippen molar-refractivity contribution in [3.8, 4) is 11.5 Å². The zero-order chi connectivity index (χ0) is 21.5. The van der Waals surface area contributed by atoms with Gasteiger partial charge in [0.25, 0.3) is 0 Å². The zero-order valence-corrected chi connectivity index (χ0v) is 18.1. The monoisotopic (exact) mass is 410 g/mol. The van der Waals surface area contributed by atoms with E-state index in [0.717, 1.165) is 12.0 Å². The molecule has 0 amide bonds. The molecule has 0 radical (unpaired) electrons. The molecule has 1 fully saturated rings. The Kier molecular flexibility index (Phi) is 7.52. The van der Waals surface area contributed by atoms with Crippen LogP contribution in [0.1, 0.15) is 31.1 Å². The fourth-order valence-electron chi connectivity index (χ4n) is 3.85. The third-order valence-corrected chi connectivity index (χ3v) is 5.72. The van der Waals surface area contributed by atoms with E-state index in [-0.39, 0.29) is 23.9 Å². The van der Waals surface area contributed by atoms with Crippen molar-refractivity contribution in [2.75, 3.05) is 27.4 Å². The molecular formula is C25H30O5. The minimum absolute atomic E-state index is 0.0388. The normalized spacial score (nSPS) is 21.3. The number of carbonyl (C=O) groups is 1. The lowest BCUT2D eigenvalue weighted by Gasteiger charge is -2.24. The van der Waals surface area contributed by atoms with E-state index in [1.165, 1.54) is 5.56 Å². The molecule has 0 spiro atoms. The van der Waals surface area contributed by atoms with E-state index in [4.69, 9.17) is 18.9 Å². The van der Waals surface area contributed by atoms with Crippen LogP contribution in [0, 0.1) is 11.8 Å². The zero-order valence-electron chi connectivity index (χ0n) is 18.1. The van der Waals surface area contributed by atoms with Gasteiger partial charge in [-0.2, -0.15) is 0 Å². The highest BCUT2D eigenvalue weighted by Gasteiger charge is 2.39. The van der Waals surface area contributed by atoms with Gasteiger partial charge >= 0.3 is 5.97 Å². The Hall–Kier alpha value is -2.79. The molecule has 2 aromatic rings. The van der Waals surface area contributed by atoms with Crippen LogP contribution in [0.5, 0.6) is 11.5 Å². The number of allylic oxidation sites excluding steroid dienone is 1. The Balaban J connectivity index is 1.84. The minimum atomic E-state index is -0.283. The molecule has 0 bridgehead atoms. The van der Waals surface area contributed by atoms with E-state index in [9.17, 15) is 4.79 Å². The highest BCUT2D eigenvalue weighted by Crippen LogP contribution is 2.42. The molecule has 0 saturated carbocycles. The highest BCUT2D eigenvalue weighted by atomic mass is 16.5. The van der Waals surface area contributed by atoms with Crippen LogP contribution >= 0.6 is 0 Å². The number of rotatable bonds is 8. The summed E-state index contributed by atoms with van der Waals surface area (Å²) in [4.78, 5) is 12.3. The van der Waals surface area contributed by atoms with Gasteiger partial charge in [0.2, 0.25) is 0 Å². The molecule has 3 rings (SSSR count). The molecule has 0 aliphatic carbocycles. The molecule has 3 atom stereocenters. The maximum atomic E-state index is 12.3. The molecular weight excluding hydrogens is 380 g/mol. The topological polar surface area (TPSA) is 54.0 Å². The summed E-state index contributed by atoms with van der Waals surface area (Å²) >= 11 is 0. The average Bonchev–Trinajstić information content (AvgIpc) is 3.19. The molecule has 0 N–H and O–H groups in total. The molecule has 5 nitrogen and oxygen atoms in total. The van der Waals surface area contributed by atoms with Crippen LogP contribution in [0.25, 0.3) is 0 Å². The number of esters is 1. The van der Waals surface area contributed by atoms with Crippen molar-refractivity contribution in [3.05, 3.63) is 71.3 Å². The molecule has 160 valence electrons. The largest absolute Gasteiger partial charge is 0.493 e. The van der Waals surface area contributed by atoms with E-state index >= 15 is 0 Å². The SMILES string of the molecule is C/C=C(\C)C(=O)OC[C@H]1[C@@H](Cc2ccccc2)CO[C@@H]1c1ccc(OC)c(OC)c1. The lowest BCUT2D eigenvalue weighted by atomic mass is 9.84. The third-order valence-electron chi connectivity index (χ3n) is 5.72. The van der Waals surface area contributed by atoms with Crippen LogP contribution in [-0.4, -0.2) is 33.4 Å². The van der Waals surface area contributed by atoms with Crippen molar-refractivity contribution in [2.24, 2.45) is 11.8 Å². The first-order valence-corrected chi connectivity index (χ1v) is 10.2. The number of ether oxygens (including phenoxy) is 4. The Morgan fingerprint density at radius 1 is 1.10 bits per heavy atom. The van der Waals surface area contributed by atoms with Crippen LogP contribution in [0.3, 0.4) is 0 Å². The van der Waals surface area contributed by atoms with Gasteiger partial charge in [-0.3, -0.25) is 0 Å². The van der Waals surface area contributed by atoms with Gasteiger partial charge in [-0.05, 0) is 49.4 Å². The molecule has 0 aromatic heterocycles. The smallest absolute Gasteiger partial charge is 0.333 e. The summed E-state index contributed by atoms with van der Waals surface area (Å²) in [5, 5.41) is 0. The van der Waals surface area contributed by atoms with Crippen LogP contribution in [-0.2, 0) is 20.7 Å². The second-order valence-electron chi connectivity index (χ2n) is 7.55. The van der Waals surface area contributed by atoms with Gasteiger partial charge in [0.15, 0.2) is 11.5 Å². The summed E-state index contributed by atoms with van der Waals surface area (Å²) in [7, 11) is 3.24. The molecule has 0 unspecified atom stereocenters. The van der Waals surface area contributed by atoms with E-state index in [2.05, 4.69) is 12.1 Å². The molecule has 2 aromatic carbocycles. The van der Waals surface area contributed by atoms with E-state index in [1.807, 2.05) is 43.3 Å². The van der Waals surface area contributed by atoms with Gasteiger partial charge in [-0.15, -0.1) is 0 Å². The van der Waals surface area contributed by atoms with Crippen molar-refractivity contribution < 1.29 is 23.7 Å². The summed E-state index contributed by atoms with van der Waals surface area (Å²) in [5.74, 6) is 1.33. The number of benzene rings is 2. The Morgan fingerprint density at radius 3 is 2.50 bits per heavy atom. The Morgan fingerprint density at radius 2 is 1.83 bits per heavy atom. The summed E-state index contributed by atoms with van der Waals surface area (Å²) < 4.78 is 22.7. The molecule has 1 heterocycles. The van der Waals surface area contributed by atoms with Crippen LogP contribution in [0.2, 0.25) is 0 Å². The second kappa shape index (κ2) is 10.3. The second-order valence-corrected chi connectivity index (χ2v) is 7.55. The number of carbonyl (C=O) groups excluding carboxylic acids is 1. The van der Waals surface area contributed by atoms with E-state index < -0.39 is 0 Å². The fourth-order valence-corrected chi connectivity index (χ4v) is 3.85. The van der Waals surface area contributed by atoms with Crippen molar-refractivity contribution in [3.63, 3.8) is 0 Å². The molecule has 30 heavy (non-hydrogen) atoms. The van der Waals surface area contributed by atoms with Crippen molar-refractivity contribution in [1.29, 1.82) is 0 Å². The van der Waals surface area contributed by atoms with Gasteiger partial charge in [-0.1, -0.05) is 42.5 Å². The van der Waals surface area contributed by atoms with E-state index in [0.29, 0.717) is 30.3 Å². The average molecular weight is 411 g/mol. The number of hydrogen-bond acceptors (Lipinski definition) is 5. The summed E-state index contributed by atoms with van der Waals surface area (Å²) in [5.41, 5.74) is 2.85. The third kappa shape index (κ3) is 5.03. The van der Waals surface area contributed by atoms with Gasteiger partial charge in [0.1, 0.15) is 0 Å². The van der Waals surface area contributed by atoms with Crippen molar-refractivity contribution >= 4 is 5.97 Å². The minimum Gasteiger partial charge on any atom is -0.493 e. The maximum absolute atomic E-state index is 12.3. The quantitative estimate of drug-likeness (QED) is 0.464. The molecule has 1 saturated heterocycles. The Labute approximate surface area is 178 Å². The number of hydrogen-bond donors (Lipinski definition) is 0. The van der Waals surface area contributed by atoms with E-state index in [1.54, 1.807) is 27.2 Å². The van der Waals surface area contributed by atoms with Crippen LogP contribution < -0.4 is 9.47 Å². The lowest BCUT2D eigenvalue weighted by Crippen LogP contribution is -2.24. The predicted molar refractivity (Wildman–Crippen MR) is 116 cm³/mol. The first kappa shape index (κ1) is 21.9. The fraction of sp³-hybridized carbons (Fsp3) is 0.400. The van der Waals surface area contributed by atoms with Gasteiger partial charge < -0.3 is 18.9 Å². The summed E-state index contributed by atoms with van der Waals surface area (Å²) in [6, 6.07) is 16.2. The van der Waals surface area contributed by atoms with Crippen LogP contribution in [0.15, 0.2) is 60.2 Å². The standard InChI is InChI=1S/C25H30O5/c1-5-17(2)25(26)30-16-21-20(13-18-9-7-6-8-10-18)15-29-24(21)19-11-12-22(27-3)23(14-19)28-4/h5-12,14,20-21,24H,13,15-16H2,1-4H3/b17-5+/t20-,21-,24+/m0/s1. The van der Waals surface area contributed by atoms with Gasteiger partial charge in [0.05, 0.1) is 33.5 Å². The lowest BCUT2D eigenvalue weighted by molar-refractivity contribution is -0.141. The van der Waals surface area contributed by atoms with Crippen LogP contribution in [0.4, 0.5) is 0 Å². The maximum Gasteiger partial charge on any atom is 0.333 e. The first-order chi connectivity index (χ1) is 14.6. The summed E-state index contributed by atoms with van der Waals surface area (Å²) in [6.45, 7) is 4.51. The highest BCUT2D eigenvalue weighted by molar-refractivity contribution is 5.87. The molecule has 1 aliphatic rings. The number of methoxy groups -OCH3 is 2. The van der Waals surface area contributed by atoms with Crippen molar-refractivity contribution in [2.45, 2.75) is 26.4 Å². The molecule has 1 aliphatic heterocycles. The van der Waals surface area contributed by atoms with Gasteiger partial charge in [0, 0.05) is 11.5 Å². The summed E-state index contributed by atoms with van der Waals surface area (Å²) in [6.07, 6.45) is 2.45.